The Morgan fingerprint density at radius 2 is 1.80 bits per heavy atom. The van der Waals surface area contributed by atoms with Crippen LogP contribution in [0.15, 0.2) is 0 Å². The average molecular weight is 304 g/mol. The number of carbonyl (C=O) groups excluding carboxylic acids is 2. The van der Waals surface area contributed by atoms with Crippen LogP contribution in [-0.2, 0) is 9.59 Å². The molecule has 0 heterocycles. The maximum absolute atomic E-state index is 12.0. The van der Waals surface area contributed by atoms with Gasteiger partial charge < -0.3 is 16.8 Å². The summed E-state index contributed by atoms with van der Waals surface area (Å²) in [5, 5.41) is 3.05. The van der Waals surface area contributed by atoms with Crippen LogP contribution in [0.3, 0.4) is 0 Å². The summed E-state index contributed by atoms with van der Waals surface area (Å²) in [4.78, 5) is 23.2. The SMILES string of the molecule is Cl.NC(=O)C1CCCC(NC(=O)C[C@@H]2CCC[C@H]2N)C1. The van der Waals surface area contributed by atoms with Crippen LogP contribution in [0, 0.1) is 11.8 Å². The van der Waals surface area contributed by atoms with Crippen LogP contribution in [0.5, 0.6) is 0 Å². The van der Waals surface area contributed by atoms with Crippen molar-refractivity contribution in [3.05, 3.63) is 0 Å². The first kappa shape index (κ1) is 17.2. The molecule has 2 saturated carbocycles. The quantitative estimate of drug-likeness (QED) is 0.725. The van der Waals surface area contributed by atoms with Crippen molar-refractivity contribution in [2.75, 3.05) is 0 Å². The zero-order valence-corrected chi connectivity index (χ0v) is 12.7. The second kappa shape index (κ2) is 7.84. The number of amides is 2. The summed E-state index contributed by atoms with van der Waals surface area (Å²) < 4.78 is 0. The molecule has 4 atom stereocenters. The summed E-state index contributed by atoms with van der Waals surface area (Å²) in [6.45, 7) is 0. The second-order valence-electron chi connectivity index (χ2n) is 6.09. The van der Waals surface area contributed by atoms with Crippen LogP contribution < -0.4 is 16.8 Å². The van der Waals surface area contributed by atoms with Gasteiger partial charge in [0.2, 0.25) is 11.8 Å². The number of rotatable bonds is 4. The molecular formula is C14H26ClN3O2. The van der Waals surface area contributed by atoms with Crippen molar-refractivity contribution >= 4 is 24.2 Å². The zero-order valence-electron chi connectivity index (χ0n) is 11.8. The fraction of sp³-hybridized carbons (Fsp3) is 0.857. The molecule has 0 aromatic carbocycles. The third-order valence-electron chi connectivity index (χ3n) is 4.61. The van der Waals surface area contributed by atoms with Gasteiger partial charge in [-0.1, -0.05) is 12.8 Å². The average Bonchev–Trinajstić information content (AvgIpc) is 2.75. The molecule has 0 spiro atoms. The van der Waals surface area contributed by atoms with Gasteiger partial charge in [-0.15, -0.1) is 12.4 Å². The molecule has 0 saturated heterocycles. The predicted molar refractivity (Wildman–Crippen MR) is 80.3 cm³/mol. The van der Waals surface area contributed by atoms with Gasteiger partial charge in [0, 0.05) is 24.4 Å². The molecule has 0 bridgehead atoms. The lowest BCUT2D eigenvalue weighted by atomic mass is 9.85. The predicted octanol–water partition coefficient (Wildman–Crippen LogP) is 1.09. The Labute approximate surface area is 126 Å². The van der Waals surface area contributed by atoms with Crippen molar-refractivity contribution in [3.8, 4) is 0 Å². The lowest BCUT2D eigenvalue weighted by molar-refractivity contribution is -0.126. The minimum absolute atomic E-state index is 0. The van der Waals surface area contributed by atoms with Gasteiger partial charge in [-0.3, -0.25) is 9.59 Å². The first-order valence-corrected chi connectivity index (χ1v) is 7.40. The summed E-state index contributed by atoms with van der Waals surface area (Å²) in [6.07, 6.45) is 7.21. The third kappa shape index (κ3) is 4.63. The molecule has 6 heteroatoms. The van der Waals surface area contributed by atoms with Crippen LogP contribution in [0.4, 0.5) is 0 Å². The van der Waals surface area contributed by atoms with E-state index in [9.17, 15) is 9.59 Å². The lowest BCUT2D eigenvalue weighted by Crippen LogP contribution is -2.42. The normalized spacial score (nSPS) is 33.2. The summed E-state index contributed by atoms with van der Waals surface area (Å²) in [6, 6.07) is 0.284. The standard InChI is InChI=1S/C14H25N3O2.ClH/c15-12-6-2-3-9(12)8-13(18)17-11-5-1-4-10(7-11)14(16)19;/h9-12H,1-8,15H2,(H2,16,19)(H,17,18);1H/t9-,10?,11?,12+;/m0./s1. The van der Waals surface area contributed by atoms with Crippen LogP contribution in [0.25, 0.3) is 0 Å². The van der Waals surface area contributed by atoms with Gasteiger partial charge in [0.15, 0.2) is 0 Å². The Morgan fingerprint density at radius 3 is 2.40 bits per heavy atom. The molecule has 0 aliphatic heterocycles. The smallest absolute Gasteiger partial charge is 0.220 e. The summed E-state index contributed by atoms with van der Waals surface area (Å²) in [5.41, 5.74) is 11.3. The van der Waals surface area contributed by atoms with Gasteiger partial charge in [-0.2, -0.15) is 0 Å². The van der Waals surface area contributed by atoms with Gasteiger partial charge in [0.05, 0.1) is 0 Å². The van der Waals surface area contributed by atoms with E-state index in [0.29, 0.717) is 18.8 Å². The highest BCUT2D eigenvalue weighted by Crippen LogP contribution is 2.28. The Balaban J connectivity index is 0.00000200. The Hall–Kier alpha value is -0.810. The van der Waals surface area contributed by atoms with Crippen molar-refractivity contribution in [1.29, 1.82) is 0 Å². The van der Waals surface area contributed by atoms with Crippen LogP contribution in [0.2, 0.25) is 0 Å². The number of halogens is 1. The monoisotopic (exact) mass is 303 g/mol. The van der Waals surface area contributed by atoms with Gasteiger partial charge in [-0.05, 0) is 38.0 Å². The number of nitrogens with two attached hydrogens (primary N) is 2. The van der Waals surface area contributed by atoms with Crippen molar-refractivity contribution in [1.82, 2.24) is 5.32 Å². The van der Waals surface area contributed by atoms with E-state index in [1.54, 1.807) is 0 Å². The molecular weight excluding hydrogens is 278 g/mol. The second-order valence-corrected chi connectivity index (χ2v) is 6.09. The minimum atomic E-state index is -0.239. The Bertz CT molecular complexity index is 351. The Kier molecular flexibility index (Phi) is 6.76. The first-order chi connectivity index (χ1) is 9.06. The molecule has 2 amide bonds. The molecule has 2 unspecified atom stereocenters. The van der Waals surface area contributed by atoms with E-state index in [2.05, 4.69) is 5.32 Å². The fourth-order valence-electron chi connectivity index (χ4n) is 3.42. The van der Waals surface area contributed by atoms with Crippen molar-refractivity contribution in [2.45, 2.75) is 63.5 Å². The largest absolute Gasteiger partial charge is 0.369 e. The first-order valence-electron chi connectivity index (χ1n) is 7.40. The highest BCUT2D eigenvalue weighted by molar-refractivity contribution is 5.85. The van der Waals surface area contributed by atoms with Crippen LogP contribution in [0.1, 0.15) is 51.4 Å². The van der Waals surface area contributed by atoms with Crippen molar-refractivity contribution in [2.24, 2.45) is 23.3 Å². The topological polar surface area (TPSA) is 98.2 Å². The van der Waals surface area contributed by atoms with E-state index < -0.39 is 0 Å². The van der Waals surface area contributed by atoms with Crippen LogP contribution in [-0.4, -0.2) is 23.9 Å². The lowest BCUT2D eigenvalue weighted by Gasteiger charge is -2.28. The van der Waals surface area contributed by atoms with E-state index in [0.717, 1.165) is 38.5 Å². The molecule has 2 rings (SSSR count). The molecule has 2 aliphatic carbocycles. The summed E-state index contributed by atoms with van der Waals surface area (Å²) in [7, 11) is 0. The maximum atomic E-state index is 12.0. The highest BCUT2D eigenvalue weighted by atomic mass is 35.5. The number of carbonyl (C=O) groups is 2. The van der Waals surface area contributed by atoms with Gasteiger partial charge in [-0.25, -0.2) is 0 Å². The van der Waals surface area contributed by atoms with Gasteiger partial charge in [0.1, 0.15) is 0 Å². The van der Waals surface area contributed by atoms with E-state index >= 15 is 0 Å². The molecule has 2 aliphatic rings. The molecule has 20 heavy (non-hydrogen) atoms. The molecule has 2 fully saturated rings. The van der Waals surface area contributed by atoms with E-state index in [1.807, 2.05) is 0 Å². The summed E-state index contributed by atoms with van der Waals surface area (Å²) in [5.74, 6) is 0.0950. The van der Waals surface area contributed by atoms with Crippen molar-refractivity contribution in [3.63, 3.8) is 0 Å². The number of hydrogen-bond donors (Lipinski definition) is 3. The molecule has 0 aromatic heterocycles. The number of nitrogens with one attached hydrogen (secondary N) is 1. The van der Waals surface area contributed by atoms with Gasteiger partial charge >= 0.3 is 0 Å². The fourth-order valence-corrected chi connectivity index (χ4v) is 3.42. The summed E-state index contributed by atoms with van der Waals surface area (Å²) >= 11 is 0. The Morgan fingerprint density at radius 1 is 1.10 bits per heavy atom. The third-order valence-corrected chi connectivity index (χ3v) is 4.61. The number of primary amides is 1. The van der Waals surface area contributed by atoms with E-state index in [-0.39, 0.29) is 42.2 Å². The minimum Gasteiger partial charge on any atom is -0.369 e. The molecule has 116 valence electrons. The molecule has 5 N–H and O–H groups in total. The van der Waals surface area contributed by atoms with E-state index in [4.69, 9.17) is 11.5 Å². The van der Waals surface area contributed by atoms with Crippen molar-refractivity contribution < 1.29 is 9.59 Å². The highest BCUT2D eigenvalue weighted by Gasteiger charge is 2.29. The number of hydrogen-bond acceptors (Lipinski definition) is 3. The van der Waals surface area contributed by atoms with E-state index in [1.165, 1.54) is 0 Å². The van der Waals surface area contributed by atoms with Gasteiger partial charge in [0.25, 0.3) is 0 Å². The molecule has 5 nitrogen and oxygen atoms in total. The zero-order chi connectivity index (χ0) is 13.8. The molecule has 0 aromatic rings. The molecule has 0 radical (unpaired) electrons. The maximum Gasteiger partial charge on any atom is 0.220 e. The van der Waals surface area contributed by atoms with Crippen LogP contribution >= 0.6 is 12.4 Å².